The molecule has 2 heterocycles. The minimum absolute atomic E-state index is 0.269. The van der Waals surface area contributed by atoms with Crippen molar-refractivity contribution in [2.75, 3.05) is 13.7 Å². The SMILES string of the molecule is COc1cccc2c1CCNC2Cc1ncnn1C(C)C. The Labute approximate surface area is 125 Å². The molecule has 0 amide bonds. The van der Waals surface area contributed by atoms with Gasteiger partial charge in [-0.2, -0.15) is 5.10 Å². The van der Waals surface area contributed by atoms with Crippen molar-refractivity contribution in [2.24, 2.45) is 0 Å². The van der Waals surface area contributed by atoms with Gasteiger partial charge in [-0.1, -0.05) is 12.1 Å². The highest BCUT2D eigenvalue weighted by Gasteiger charge is 2.24. The van der Waals surface area contributed by atoms with Gasteiger partial charge in [-0.3, -0.25) is 0 Å². The lowest BCUT2D eigenvalue weighted by molar-refractivity contribution is 0.397. The van der Waals surface area contributed by atoms with Crippen LogP contribution in [0.3, 0.4) is 0 Å². The minimum atomic E-state index is 0.269. The summed E-state index contributed by atoms with van der Waals surface area (Å²) < 4.78 is 7.49. The zero-order valence-corrected chi connectivity index (χ0v) is 12.8. The van der Waals surface area contributed by atoms with E-state index in [1.165, 1.54) is 11.1 Å². The van der Waals surface area contributed by atoms with Crippen LogP contribution in [0.15, 0.2) is 24.5 Å². The standard InChI is InChI=1S/C16H22N4O/c1-11(2)20-16(18-10-19-20)9-14-12-5-4-6-15(21-3)13(12)7-8-17-14/h4-6,10-11,14,17H,7-9H2,1-3H3. The summed E-state index contributed by atoms with van der Waals surface area (Å²) in [6.45, 7) is 5.22. The number of fused-ring (bicyclic) bond motifs is 1. The summed E-state index contributed by atoms with van der Waals surface area (Å²) >= 11 is 0. The van der Waals surface area contributed by atoms with Crippen LogP contribution in [-0.2, 0) is 12.8 Å². The summed E-state index contributed by atoms with van der Waals surface area (Å²) in [5, 5.41) is 7.92. The number of nitrogens with zero attached hydrogens (tertiary/aromatic N) is 3. The molecule has 0 saturated heterocycles. The molecule has 1 aliphatic heterocycles. The molecule has 5 heteroatoms. The third-order valence-electron chi connectivity index (χ3n) is 4.05. The van der Waals surface area contributed by atoms with E-state index >= 15 is 0 Å². The summed E-state index contributed by atoms with van der Waals surface area (Å²) in [7, 11) is 1.74. The Morgan fingerprint density at radius 2 is 2.29 bits per heavy atom. The van der Waals surface area contributed by atoms with E-state index < -0.39 is 0 Å². The molecule has 112 valence electrons. The first-order chi connectivity index (χ1) is 10.2. The second-order valence-electron chi connectivity index (χ2n) is 5.70. The molecule has 1 atom stereocenters. The van der Waals surface area contributed by atoms with Crippen molar-refractivity contribution in [3.8, 4) is 5.75 Å². The van der Waals surface area contributed by atoms with Crippen molar-refractivity contribution in [3.05, 3.63) is 41.5 Å². The fourth-order valence-electron chi connectivity index (χ4n) is 3.07. The molecular formula is C16H22N4O. The molecule has 2 aromatic rings. The second-order valence-corrected chi connectivity index (χ2v) is 5.70. The van der Waals surface area contributed by atoms with E-state index in [9.17, 15) is 0 Å². The average Bonchev–Trinajstić information content (AvgIpc) is 2.95. The van der Waals surface area contributed by atoms with E-state index in [1.54, 1.807) is 13.4 Å². The number of nitrogens with one attached hydrogen (secondary N) is 1. The predicted octanol–water partition coefficient (Wildman–Crippen LogP) is 2.30. The Morgan fingerprint density at radius 1 is 1.43 bits per heavy atom. The van der Waals surface area contributed by atoms with Crippen molar-refractivity contribution in [1.82, 2.24) is 20.1 Å². The molecule has 1 aromatic heterocycles. The Balaban J connectivity index is 1.90. The van der Waals surface area contributed by atoms with Crippen LogP contribution in [-0.4, -0.2) is 28.4 Å². The molecule has 1 N–H and O–H groups in total. The number of ether oxygens (including phenoxy) is 1. The summed E-state index contributed by atoms with van der Waals surface area (Å²) in [5.74, 6) is 2.02. The van der Waals surface area contributed by atoms with Gasteiger partial charge < -0.3 is 10.1 Å². The molecule has 0 radical (unpaired) electrons. The Hall–Kier alpha value is -1.88. The maximum absolute atomic E-state index is 5.50. The number of hydrogen-bond donors (Lipinski definition) is 1. The molecular weight excluding hydrogens is 264 g/mol. The van der Waals surface area contributed by atoms with Crippen molar-refractivity contribution in [1.29, 1.82) is 0 Å². The fraction of sp³-hybridized carbons (Fsp3) is 0.500. The minimum Gasteiger partial charge on any atom is -0.496 e. The number of rotatable bonds is 4. The molecule has 1 aromatic carbocycles. The molecule has 1 aliphatic rings. The van der Waals surface area contributed by atoms with Gasteiger partial charge in [0.25, 0.3) is 0 Å². The lowest BCUT2D eigenvalue weighted by atomic mass is 9.91. The van der Waals surface area contributed by atoms with Crippen LogP contribution < -0.4 is 10.1 Å². The first kappa shape index (κ1) is 14.1. The highest BCUT2D eigenvalue weighted by atomic mass is 16.5. The van der Waals surface area contributed by atoms with Crippen LogP contribution in [0.25, 0.3) is 0 Å². The quantitative estimate of drug-likeness (QED) is 0.937. The maximum atomic E-state index is 5.50. The van der Waals surface area contributed by atoms with Gasteiger partial charge in [0.1, 0.15) is 17.9 Å². The summed E-state index contributed by atoms with van der Waals surface area (Å²) in [4.78, 5) is 4.43. The molecule has 0 spiro atoms. The molecule has 0 fully saturated rings. The molecule has 21 heavy (non-hydrogen) atoms. The highest BCUT2D eigenvalue weighted by molar-refractivity contribution is 5.43. The van der Waals surface area contributed by atoms with Crippen LogP contribution in [0.4, 0.5) is 0 Å². The molecule has 0 aliphatic carbocycles. The topological polar surface area (TPSA) is 52.0 Å². The van der Waals surface area contributed by atoms with E-state index in [-0.39, 0.29) is 6.04 Å². The van der Waals surface area contributed by atoms with E-state index in [0.717, 1.165) is 31.0 Å². The second kappa shape index (κ2) is 5.85. The smallest absolute Gasteiger partial charge is 0.138 e. The van der Waals surface area contributed by atoms with Crippen LogP contribution >= 0.6 is 0 Å². The fourth-order valence-corrected chi connectivity index (χ4v) is 3.07. The first-order valence-corrected chi connectivity index (χ1v) is 7.48. The van der Waals surface area contributed by atoms with Crippen LogP contribution in [0, 0.1) is 0 Å². The van der Waals surface area contributed by atoms with Crippen molar-refractivity contribution in [2.45, 2.75) is 38.8 Å². The summed E-state index contributed by atoms with van der Waals surface area (Å²) in [6, 6.07) is 6.88. The highest BCUT2D eigenvalue weighted by Crippen LogP contribution is 2.31. The van der Waals surface area contributed by atoms with Gasteiger partial charge in [0, 0.05) is 24.1 Å². The van der Waals surface area contributed by atoms with Crippen molar-refractivity contribution in [3.63, 3.8) is 0 Å². The zero-order valence-electron chi connectivity index (χ0n) is 12.8. The number of aromatic nitrogens is 3. The maximum Gasteiger partial charge on any atom is 0.138 e. The largest absolute Gasteiger partial charge is 0.496 e. The first-order valence-electron chi connectivity index (χ1n) is 7.48. The molecule has 1 unspecified atom stereocenters. The third kappa shape index (κ3) is 2.65. The number of benzene rings is 1. The molecule has 0 saturated carbocycles. The van der Waals surface area contributed by atoms with E-state index in [2.05, 4.69) is 41.4 Å². The van der Waals surface area contributed by atoms with Gasteiger partial charge in [-0.15, -0.1) is 0 Å². The lowest BCUT2D eigenvalue weighted by Crippen LogP contribution is -2.32. The third-order valence-corrected chi connectivity index (χ3v) is 4.05. The molecule has 0 bridgehead atoms. The molecule has 5 nitrogen and oxygen atoms in total. The number of hydrogen-bond acceptors (Lipinski definition) is 4. The monoisotopic (exact) mass is 286 g/mol. The summed E-state index contributed by atoms with van der Waals surface area (Å²) in [6.07, 6.45) is 3.50. The van der Waals surface area contributed by atoms with Gasteiger partial charge in [-0.25, -0.2) is 9.67 Å². The predicted molar refractivity (Wildman–Crippen MR) is 81.6 cm³/mol. The van der Waals surface area contributed by atoms with Gasteiger partial charge in [0.15, 0.2) is 0 Å². The van der Waals surface area contributed by atoms with Crippen molar-refractivity contribution < 1.29 is 4.74 Å². The van der Waals surface area contributed by atoms with E-state index in [0.29, 0.717) is 6.04 Å². The van der Waals surface area contributed by atoms with E-state index in [4.69, 9.17) is 4.74 Å². The number of methoxy groups -OCH3 is 1. The van der Waals surface area contributed by atoms with Crippen molar-refractivity contribution >= 4 is 0 Å². The van der Waals surface area contributed by atoms with Gasteiger partial charge in [0.2, 0.25) is 0 Å². The zero-order chi connectivity index (χ0) is 14.8. The van der Waals surface area contributed by atoms with Gasteiger partial charge in [-0.05, 0) is 38.4 Å². The Bertz CT molecular complexity index is 620. The van der Waals surface area contributed by atoms with E-state index in [1.807, 2.05) is 10.7 Å². The van der Waals surface area contributed by atoms with Crippen LogP contribution in [0.5, 0.6) is 5.75 Å². The summed E-state index contributed by atoms with van der Waals surface area (Å²) in [5.41, 5.74) is 2.64. The van der Waals surface area contributed by atoms with Gasteiger partial charge >= 0.3 is 0 Å². The molecule has 3 rings (SSSR count). The Morgan fingerprint density at radius 3 is 3.05 bits per heavy atom. The van der Waals surface area contributed by atoms with Gasteiger partial charge in [0.05, 0.1) is 7.11 Å². The Kier molecular flexibility index (Phi) is 3.92. The average molecular weight is 286 g/mol. The lowest BCUT2D eigenvalue weighted by Gasteiger charge is -2.28. The van der Waals surface area contributed by atoms with Crippen LogP contribution in [0.2, 0.25) is 0 Å². The van der Waals surface area contributed by atoms with Crippen LogP contribution in [0.1, 0.15) is 42.9 Å². The normalized spacial score (nSPS) is 17.8.